The minimum absolute atomic E-state index is 0.000956. The molecule has 0 radical (unpaired) electrons. The zero-order chi connectivity index (χ0) is 21.1. The van der Waals surface area contributed by atoms with E-state index in [1.807, 2.05) is 24.8 Å². The van der Waals surface area contributed by atoms with Crippen LogP contribution in [0.4, 0.5) is 11.4 Å². The van der Waals surface area contributed by atoms with E-state index in [1.165, 1.54) is 0 Å². The van der Waals surface area contributed by atoms with Crippen molar-refractivity contribution in [1.82, 2.24) is 4.90 Å². The molecule has 1 aliphatic rings. The monoisotopic (exact) mass is 453 g/mol. The predicted octanol–water partition coefficient (Wildman–Crippen LogP) is 5.20. The summed E-state index contributed by atoms with van der Waals surface area (Å²) in [5, 5.41) is 3.86. The number of hydrogen-bond donors (Lipinski definition) is 1. The highest BCUT2D eigenvalue weighted by molar-refractivity contribution is 6.44. The van der Waals surface area contributed by atoms with Crippen molar-refractivity contribution in [2.24, 2.45) is 5.92 Å². The van der Waals surface area contributed by atoms with Crippen molar-refractivity contribution in [2.45, 2.75) is 13.8 Å². The van der Waals surface area contributed by atoms with Gasteiger partial charge in [-0.05, 0) is 30.3 Å². The minimum atomic E-state index is -0.359. The maximum absolute atomic E-state index is 12.5. The maximum Gasteiger partial charge on any atom is 0.257 e. The lowest BCUT2D eigenvalue weighted by molar-refractivity contribution is -0.134. The molecular formula is C21H22Cl3N3O2. The molecule has 0 unspecified atom stereocenters. The Morgan fingerprint density at radius 2 is 1.66 bits per heavy atom. The van der Waals surface area contributed by atoms with Crippen LogP contribution in [0.25, 0.3) is 0 Å². The highest BCUT2D eigenvalue weighted by Crippen LogP contribution is 2.31. The first-order chi connectivity index (χ1) is 13.8. The fourth-order valence-electron chi connectivity index (χ4n) is 3.25. The van der Waals surface area contributed by atoms with Gasteiger partial charge in [-0.15, -0.1) is 0 Å². The highest BCUT2D eigenvalue weighted by atomic mass is 35.5. The number of halogens is 3. The molecule has 3 rings (SSSR count). The number of amides is 2. The lowest BCUT2D eigenvalue weighted by atomic mass is 10.1. The van der Waals surface area contributed by atoms with Gasteiger partial charge < -0.3 is 15.1 Å². The van der Waals surface area contributed by atoms with E-state index in [4.69, 9.17) is 34.8 Å². The van der Waals surface area contributed by atoms with E-state index in [2.05, 4.69) is 10.2 Å². The number of nitrogens with one attached hydrogen (secondary N) is 1. The molecule has 5 nitrogen and oxygen atoms in total. The van der Waals surface area contributed by atoms with Gasteiger partial charge in [0.2, 0.25) is 5.91 Å². The van der Waals surface area contributed by atoms with Crippen molar-refractivity contribution in [1.29, 1.82) is 0 Å². The molecule has 1 fully saturated rings. The average molecular weight is 455 g/mol. The molecule has 0 spiro atoms. The summed E-state index contributed by atoms with van der Waals surface area (Å²) in [5.41, 5.74) is 1.74. The lowest BCUT2D eigenvalue weighted by Gasteiger charge is -2.37. The number of anilines is 2. The molecule has 2 amide bonds. The highest BCUT2D eigenvalue weighted by Gasteiger charge is 2.24. The summed E-state index contributed by atoms with van der Waals surface area (Å²) in [6.45, 7) is 6.58. The van der Waals surface area contributed by atoms with Crippen LogP contribution in [0.5, 0.6) is 0 Å². The maximum atomic E-state index is 12.5. The summed E-state index contributed by atoms with van der Waals surface area (Å²) in [7, 11) is 0. The Hall–Kier alpha value is -1.95. The molecule has 1 saturated heterocycles. The molecule has 1 aliphatic heterocycles. The van der Waals surface area contributed by atoms with Crippen molar-refractivity contribution < 1.29 is 9.59 Å². The number of nitrogens with zero attached hydrogens (tertiary/aromatic N) is 2. The Morgan fingerprint density at radius 1 is 0.966 bits per heavy atom. The fraction of sp³-hybridized carbons (Fsp3) is 0.333. The number of piperazine rings is 1. The molecule has 2 aromatic rings. The third-order valence-corrected chi connectivity index (χ3v) is 5.95. The van der Waals surface area contributed by atoms with Gasteiger partial charge >= 0.3 is 0 Å². The average Bonchev–Trinajstić information content (AvgIpc) is 2.69. The van der Waals surface area contributed by atoms with Gasteiger partial charge in [0.05, 0.1) is 26.3 Å². The van der Waals surface area contributed by atoms with Gasteiger partial charge in [0, 0.05) is 37.8 Å². The smallest absolute Gasteiger partial charge is 0.257 e. The number of carbonyl (C=O) groups is 2. The first kappa shape index (κ1) is 21.8. The first-order valence-corrected chi connectivity index (χ1v) is 10.5. The van der Waals surface area contributed by atoms with Crippen molar-refractivity contribution in [3.63, 3.8) is 0 Å². The Balaban J connectivity index is 1.67. The molecule has 1 N–H and O–H groups in total. The molecule has 0 saturated carbocycles. The third-order valence-electron chi connectivity index (χ3n) is 4.83. The Kier molecular flexibility index (Phi) is 6.93. The van der Waals surface area contributed by atoms with Gasteiger partial charge in [-0.3, -0.25) is 9.59 Å². The van der Waals surface area contributed by atoms with Crippen LogP contribution >= 0.6 is 34.8 Å². The van der Waals surface area contributed by atoms with Crippen LogP contribution in [0.3, 0.4) is 0 Å². The summed E-state index contributed by atoms with van der Waals surface area (Å²) in [6.07, 6.45) is 0. The summed E-state index contributed by atoms with van der Waals surface area (Å²) < 4.78 is 0. The zero-order valence-electron chi connectivity index (χ0n) is 16.2. The summed E-state index contributed by atoms with van der Waals surface area (Å²) in [5.74, 6) is -0.184. The molecule has 0 atom stereocenters. The quantitative estimate of drug-likeness (QED) is 0.690. The normalized spacial score (nSPS) is 14.3. The summed E-state index contributed by atoms with van der Waals surface area (Å²) in [6, 6.07) is 10.3. The minimum Gasteiger partial charge on any atom is -0.367 e. The zero-order valence-corrected chi connectivity index (χ0v) is 18.5. The summed E-state index contributed by atoms with van der Waals surface area (Å²) >= 11 is 18.6. The van der Waals surface area contributed by atoms with E-state index in [0.29, 0.717) is 47.5 Å². The van der Waals surface area contributed by atoms with Crippen LogP contribution < -0.4 is 10.2 Å². The van der Waals surface area contributed by atoms with Crippen LogP contribution in [0, 0.1) is 5.92 Å². The Morgan fingerprint density at radius 3 is 2.28 bits per heavy atom. The first-order valence-electron chi connectivity index (χ1n) is 9.36. The predicted molar refractivity (Wildman–Crippen MR) is 119 cm³/mol. The fourth-order valence-corrected chi connectivity index (χ4v) is 3.94. The number of carbonyl (C=O) groups excluding carboxylic acids is 2. The SMILES string of the molecule is CC(C)C(=O)N1CCN(c2ccc(NC(=O)c3cccc(Cl)c3Cl)cc2Cl)CC1. The Bertz CT molecular complexity index is 925. The van der Waals surface area contributed by atoms with Crippen LogP contribution in [0.15, 0.2) is 36.4 Å². The Labute approximate surface area is 185 Å². The molecule has 1 heterocycles. The van der Waals surface area contributed by atoms with Crippen molar-refractivity contribution >= 4 is 58.0 Å². The molecule has 0 bridgehead atoms. The van der Waals surface area contributed by atoms with Crippen molar-refractivity contribution in [3.8, 4) is 0 Å². The van der Waals surface area contributed by atoms with Gasteiger partial charge in [-0.2, -0.15) is 0 Å². The largest absolute Gasteiger partial charge is 0.367 e. The van der Waals surface area contributed by atoms with E-state index < -0.39 is 0 Å². The standard InChI is InChI=1S/C21H22Cl3N3O2/c1-13(2)21(29)27-10-8-26(9-11-27)18-7-6-14(12-17(18)23)25-20(28)15-4-3-5-16(22)19(15)24/h3-7,12-13H,8-11H2,1-2H3,(H,25,28). The number of rotatable bonds is 4. The van der Waals surface area contributed by atoms with E-state index in [0.717, 1.165) is 5.69 Å². The van der Waals surface area contributed by atoms with Gasteiger partial charge in [0.25, 0.3) is 5.91 Å². The topological polar surface area (TPSA) is 52.7 Å². The molecule has 0 aromatic heterocycles. The van der Waals surface area contributed by atoms with Gasteiger partial charge in [-0.1, -0.05) is 54.7 Å². The molecule has 2 aromatic carbocycles. The lowest BCUT2D eigenvalue weighted by Crippen LogP contribution is -2.50. The van der Waals surface area contributed by atoms with Crippen LogP contribution in [0.2, 0.25) is 15.1 Å². The van der Waals surface area contributed by atoms with Gasteiger partial charge in [-0.25, -0.2) is 0 Å². The molecule has 0 aliphatic carbocycles. The number of benzene rings is 2. The second-order valence-electron chi connectivity index (χ2n) is 7.19. The second kappa shape index (κ2) is 9.24. The van der Waals surface area contributed by atoms with E-state index in [-0.39, 0.29) is 22.8 Å². The molecule has 29 heavy (non-hydrogen) atoms. The van der Waals surface area contributed by atoms with E-state index >= 15 is 0 Å². The summed E-state index contributed by atoms with van der Waals surface area (Å²) in [4.78, 5) is 28.7. The molecular weight excluding hydrogens is 433 g/mol. The molecule has 154 valence electrons. The van der Waals surface area contributed by atoms with Crippen molar-refractivity contribution in [3.05, 3.63) is 57.0 Å². The third kappa shape index (κ3) is 4.97. The van der Waals surface area contributed by atoms with Gasteiger partial charge in [0.1, 0.15) is 0 Å². The van der Waals surface area contributed by atoms with Crippen LogP contribution in [-0.4, -0.2) is 42.9 Å². The van der Waals surface area contributed by atoms with Crippen molar-refractivity contribution in [2.75, 3.05) is 36.4 Å². The molecule has 8 heteroatoms. The number of hydrogen-bond acceptors (Lipinski definition) is 3. The van der Waals surface area contributed by atoms with E-state index in [9.17, 15) is 9.59 Å². The van der Waals surface area contributed by atoms with E-state index in [1.54, 1.807) is 30.3 Å². The van der Waals surface area contributed by atoms with Gasteiger partial charge in [0.15, 0.2) is 0 Å². The van der Waals surface area contributed by atoms with Crippen LogP contribution in [-0.2, 0) is 4.79 Å². The second-order valence-corrected chi connectivity index (χ2v) is 8.38. The van der Waals surface area contributed by atoms with Crippen LogP contribution in [0.1, 0.15) is 24.2 Å².